The van der Waals surface area contributed by atoms with E-state index in [1.807, 2.05) is 6.07 Å². The van der Waals surface area contributed by atoms with Crippen molar-refractivity contribution in [3.63, 3.8) is 0 Å². The van der Waals surface area contributed by atoms with E-state index in [1.165, 1.54) is 12.1 Å². The second-order valence-corrected chi connectivity index (χ2v) is 5.49. The molecule has 0 saturated heterocycles. The number of halogens is 1. The average Bonchev–Trinajstić information content (AvgIpc) is 2.51. The molecule has 0 aliphatic carbocycles. The number of carbonyl (C=O) groups excluding carboxylic acids is 1. The molecule has 7 nitrogen and oxygen atoms in total. The SMILES string of the molecule is CC(Oc1ccccc1Br)C(=O)Nc1ccc([N+](=O)[O-])cc1O. The van der Waals surface area contributed by atoms with Gasteiger partial charge in [0.1, 0.15) is 11.5 Å². The largest absolute Gasteiger partial charge is 0.506 e. The Bertz CT molecular complexity index is 750. The lowest BCUT2D eigenvalue weighted by Crippen LogP contribution is -2.30. The molecule has 0 heterocycles. The summed E-state index contributed by atoms with van der Waals surface area (Å²) in [7, 11) is 0. The number of anilines is 1. The van der Waals surface area contributed by atoms with Crippen molar-refractivity contribution in [2.24, 2.45) is 0 Å². The molecule has 1 unspecified atom stereocenters. The molecule has 2 aromatic carbocycles. The van der Waals surface area contributed by atoms with E-state index in [2.05, 4.69) is 21.2 Å². The Morgan fingerprint density at radius 2 is 2.04 bits per heavy atom. The fourth-order valence-electron chi connectivity index (χ4n) is 1.76. The Balaban J connectivity index is 2.07. The summed E-state index contributed by atoms with van der Waals surface area (Å²) in [5.41, 5.74) is -0.193. The molecule has 8 heteroatoms. The molecule has 2 N–H and O–H groups in total. The Labute approximate surface area is 140 Å². The number of hydrogen-bond donors (Lipinski definition) is 2. The highest BCUT2D eigenvalue weighted by atomic mass is 79.9. The van der Waals surface area contributed by atoms with E-state index >= 15 is 0 Å². The summed E-state index contributed by atoms with van der Waals surface area (Å²) >= 11 is 3.31. The second-order valence-electron chi connectivity index (χ2n) is 4.64. The number of nitro benzene ring substituents is 1. The van der Waals surface area contributed by atoms with E-state index in [0.29, 0.717) is 10.2 Å². The molecule has 2 aromatic rings. The van der Waals surface area contributed by atoms with Gasteiger partial charge in [-0.25, -0.2) is 0 Å². The molecule has 0 spiro atoms. The van der Waals surface area contributed by atoms with Gasteiger partial charge >= 0.3 is 0 Å². The van der Waals surface area contributed by atoms with Crippen molar-refractivity contribution in [3.05, 3.63) is 57.1 Å². The van der Waals surface area contributed by atoms with E-state index in [4.69, 9.17) is 4.74 Å². The van der Waals surface area contributed by atoms with Crippen LogP contribution in [0.2, 0.25) is 0 Å². The fourth-order valence-corrected chi connectivity index (χ4v) is 2.14. The number of rotatable bonds is 5. The lowest BCUT2D eigenvalue weighted by atomic mass is 10.2. The molecule has 0 aliphatic heterocycles. The van der Waals surface area contributed by atoms with Gasteiger partial charge in [0.15, 0.2) is 6.10 Å². The van der Waals surface area contributed by atoms with Crippen LogP contribution in [0.15, 0.2) is 46.9 Å². The van der Waals surface area contributed by atoms with Crippen molar-refractivity contribution < 1.29 is 19.6 Å². The van der Waals surface area contributed by atoms with Crippen LogP contribution in [0.4, 0.5) is 11.4 Å². The maximum absolute atomic E-state index is 12.1. The van der Waals surface area contributed by atoms with Crippen molar-refractivity contribution in [2.45, 2.75) is 13.0 Å². The lowest BCUT2D eigenvalue weighted by molar-refractivity contribution is -0.384. The highest BCUT2D eigenvalue weighted by molar-refractivity contribution is 9.10. The number of hydrogen-bond acceptors (Lipinski definition) is 5. The number of nitrogens with one attached hydrogen (secondary N) is 1. The number of para-hydroxylation sites is 1. The summed E-state index contributed by atoms with van der Waals surface area (Å²) in [6.07, 6.45) is -0.830. The Kier molecular flexibility index (Phi) is 5.17. The Morgan fingerprint density at radius 3 is 2.65 bits per heavy atom. The molecule has 2 rings (SSSR count). The van der Waals surface area contributed by atoms with Crippen molar-refractivity contribution in [1.82, 2.24) is 0 Å². The first-order chi connectivity index (χ1) is 10.9. The molecule has 23 heavy (non-hydrogen) atoms. The van der Waals surface area contributed by atoms with Gasteiger partial charge in [0.05, 0.1) is 21.1 Å². The van der Waals surface area contributed by atoms with E-state index in [1.54, 1.807) is 25.1 Å². The van der Waals surface area contributed by atoms with Crippen LogP contribution in [0, 0.1) is 10.1 Å². The molecule has 0 radical (unpaired) electrons. The molecule has 1 amide bonds. The van der Waals surface area contributed by atoms with Crippen LogP contribution < -0.4 is 10.1 Å². The number of nitro groups is 1. The van der Waals surface area contributed by atoms with Gasteiger partial charge in [-0.15, -0.1) is 0 Å². The number of benzene rings is 2. The maximum atomic E-state index is 12.1. The number of aromatic hydroxyl groups is 1. The molecule has 0 aliphatic rings. The first kappa shape index (κ1) is 16.8. The topological polar surface area (TPSA) is 102 Å². The standard InChI is InChI=1S/C15H13BrN2O5/c1-9(23-14-5-3-2-4-11(14)16)15(20)17-12-7-6-10(18(21)22)8-13(12)19/h2-9,19H,1H3,(H,17,20). The Hall–Kier alpha value is -2.61. The van der Waals surface area contributed by atoms with Gasteiger partial charge in [-0.3, -0.25) is 14.9 Å². The van der Waals surface area contributed by atoms with E-state index < -0.39 is 16.9 Å². The molecule has 0 fully saturated rings. The van der Waals surface area contributed by atoms with Gasteiger partial charge < -0.3 is 15.2 Å². The summed E-state index contributed by atoms with van der Waals surface area (Å²) in [5.74, 6) is -0.381. The third-order valence-electron chi connectivity index (χ3n) is 2.96. The van der Waals surface area contributed by atoms with Crippen molar-refractivity contribution in [3.8, 4) is 11.5 Å². The molecule has 1 atom stereocenters. The van der Waals surface area contributed by atoms with E-state index in [0.717, 1.165) is 6.07 Å². The average molecular weight is 381 g/mol. The molecule has 0 saturated carbocycles. The zero-order valence-corrected chi connectivity index (χ0v) is 13.6. The molecule has 120 valence electrons. The zero-order chi connectivity index (χ0) is 17.0. The zero-order valence-electron chi connectivity index (χ0n) is 12.0. The van der Waals surface area contributed by atoms with Crippen LogP contribution in [-0.2, 0) is 4.79 Å². The van der Waals surface area contributed by atoms with Crippen LogP contribution in [0.3, 0.4) is 0 Å². The quantitative estimate of drug-likeness (QED) is 0.469. The van der Waals surface area contributed by atoms with Gasteiger partial charge in [-0.2, -0.15) is 0 Å². The van der Waals surface area contributed by atoms with E-state index in [-0.39, 0.29) is 17.1 Å². The molecular formula is C15H13BrN2O5. The van der Waals surface area contributed by atoms with Crippen molar-refractivity contribution in [2.75, 3.05) is 5.32 Å². The van der Waals surface area contributed by atoms with Crippen LogP contribution in [0.5, 0.6) is 11.5 Å². The van der Waals surface area contributed by atoms with Crippen LogP contribution in [-0.4, -0.2) is 22.0 Å². The van der Waals surface area contributed by atoms with Gasteiger partial charge in [-0.05, 0) is 41.1 Å². The number of non-ortho nitro benzene ring substituents is 1. The number of phenolic OH excluding ortho intramolecular Hbond substituents is 1. The van der Waals surface area contributed by atoms with Crippen LogP contribution >= 0.6 is 15.9 Å². The fraction of sp³-hybridized carbons (Fsp3) is 0.133. The van der Waals surface area contributed by atoms with Crippen molar-refractivity contribution >= 4 is 33.2 Å². The smallest absolute Gasteiger partial charge is 0.273 e. The van der Waals surface area contributed by atoms with Gasteiger partial charge in [0, 0.05) is 6.07 Å². The van der Waals surface area contributed by atoms with Crippen molar-refractivity contribution in [1.29, 1.82) is 0 Å². The minimum Gasteiger partial charge on any atom is -0.506 e. The summed E-state index contributed by atoms with van der Waals surface area (Å²) < 4.78 is 6.24. The third-order valence-corrected chi connectivity index (χ3v) is 3.61. The molecular weight excluding hydrogens is 368 g/mol. The predicted octanol–water partition coefficient (Wildman–Crippen LogP) is 3.47. The van der Waals surface area contributed by atoms with Crippen LogP contribution in [0.25, 0.3) is 0 Å². The van der Waals surface area contributed by atoms with Gasteiger partial charge in [0.2, 0.25) is 0 Å². The first-order valence-corrected chi connectivity index (χ1v) is 7.37. The van der Waals surface area contributed by atoms with E-state index in [9.17, 15) is 20.0 Å². The molecule has 0 bridgehead atoms. The highest BCUT2D eigenvalue weighted by Crippen LogP contribution is 2.29. The highest BCUT2D eigenvalue weighted by Gasteiger charge is 2.18. The normalized spacial score (nSPS) is 11.6. The second kappa shape index (κ2) is 7.10. The lowest BCUT2D eigenvalue weighted by Gasteiger charge is -2.16. The van der Waals surface area contributed by atoms with Gasteiger partial charge in [0.25, 0.3) is 11.6 Å². The number of amides is 1. The Morgan fingerprint density at radius 1 is 1.35 bits per heavy atom. The number of carbonyl (C=O) groups is 1. The van der Waals surface area contributed by atoms with Gasteiger partial charge in [-0.1, -0.05) is 12.1 Å². The summed E-state index contributed by atoms with van der Waals surface area (Å²) in [4.78, 5) is 22.1. The summed E-state index contributed by atoms with van der Waals surface area (Å²) in [6, 6.07) is 10.5. The third kappa shape index (κ3) is 4.19. The minimum atomic E-state index is -0.830. The predicted molar refractivity (Wildman–Crippen MR) is 87.6 cm³/mol. The van der Waals surface area contributed by atoms with Crippen LogP contribution in [0.1, 0.15) is 6.92 Å². The monoisotopic (exact) mass is 380 g/mol. The number of ether oxygens (including phenoxy) is 1. The molecule has 0 aromatic heterocycles. The number of phenols is 1. The number of nitrogens with zero attached hydrogens (tertiary/aromatic N) is 1. The maximum Gasteiger partial charge on any atom is 0.273 e. The first-order valence-electron chi connectivity index (χ1n) is 6.58. The summed E-state index contributed by atoms with van der Waals surface area (Å²) in [6.45, 7) is 1.55. The summed E-state index contributed by atoms with van der Waals surface area (Å²) in [5, 5.41) is 22.8. The minimum absolute atomic E-state index is 0.0724.